The largest absolute Gasteiger partial charge is 0.480 e. The highest BCUT2D eigenvalue weighted by Gasteiger charge is 2.15. The van der Waals surface area contributed by atoms with Crippen molar-refractivity contribution in [3.8, 4) is 0 Å². The summed E-state index contributed by atoms with van der Waals surface area (Å²) in [5.41, 5.74) is 2.23. The van der Waals surface area contributed by atoms with Crippen molar-refractivity contribution in [3.05, 3.63) is 23.4 Å². The predicted molar refractivity (Wildman–Crippen MR) is 83.9 cm³/mol. The second-order valence-electron chi connectivity index (χ2n) is 5.50. The molecule has 1 aliphatic rings. The molecule has 1 aromatic heterocycles. The SMILES string of the molecule is CCN(CC(=O)O)C(=O)CCCc1ccc2c(n1)NCCC2. The van der Waals surface area contributed by atoms with Gasteiger partial charge in [0.25, 0.3) is 0 Å². The number of anilines is 1. The number of hydrogen-bond donors (Lipinski definition) is 2. The number of carbonyl (C=O) groups excluding carboxylic acids is 1. The van der Waals surface area contributed by atoms with Crippen LogP contribution in [-0.2, 0) is 22.4 Å². The van der Waals surface area contributed by atoms with Gasteiger partial charge in [0.15, 0.2) is 0 Å². The van der Waals surface area contributed by atoms with Crippen LogP contribution in [0.4, 0.5) is 5.82 Å². The van der Waals surface area contributed by atoms with Crippen LogP contribution in [0.2, 0.25) is 0 Å². The number of pyridine rings is 1. The van der Waals surface area contributed by atoms with E-state index in [0.29, 0.717) is 19.4 Å². The first-order valence-corrected chi connectivity index (χ1v) is 7.82. The molecule has 0 atom stereocenters. The highest BCUT2D eigenvalue weighted by molar-refractivity contribution is 5.81. The highest BCUT2D eigenvalue weighted by atomic mass is 16.4. The highest BCUT2D eigenvalue weighted by Crippen LogP contribution is 2.20. The Bertz CT molecular complexity index is 545. The second-order valence-corrected chi connectivity index (χ2v) is 5.50. The molecular weight excluding hydrogens is 282 g/mol. The van der Waals surface area contributed by atoms with Gasteiger partial charge in [0, 0.05) is 25.2 Å². The molecule has 0 aliphatic carbocycles. The summed E-state index contributed by atoms with van der Waals surface area (Å²) in [6.45, 7) is 2.95. The fraction of sp³-hybridized carbons (Fsp3) is 0.562. The van der Waals surface area contributed by atoms with Gasteiger partial charge in [-0.25, -0.2) is 4.98 Å². The molecule has 0 fully saturated rings. The van der Waals surface area contributed by atoms with Crippen molar-refractivity contribution in [1.29, 1.82) is 0 Å². The summed E-state index contributed by atoms with van der Waals surface area (Å²) in [5.74, 6) is -0.116. The molecule has 0 spiro atoms. The van der Waals surface area contributed by atoms with Crippen molar-refractivity contribution in [2.24, 2.45) is 0 Å². The van der Waals surface area contributed by atoms with E-state index >= 15 is 0 Å². The van der Waals surface area contributed by atoms with Crippen LogP contribution < -0.4 is 5.32 Å². The number of nitrogens with zero attached hydrogens (tertiary/aromatic N) is 2. The van der Waals surface area contributed by atoms with Crippen LogP contribution in [0.5, 0.6) is 0 Å². The Kier molecular flexibility index (Phi) is 5.75. The van der Waals surface area contributed by atoms with Gasteiger partial charge in [-0.1, -0.05) is 6.07 Å². The Morgan fingerprint density at radius 1 is 1.41 bits per heavy atom. The first-order chi connectivity index (χ1) is 10.6. The number of likely N-dealkylation sites (N-methyl/N-ethyl adjacent to an activating group) is 1. The van der Waals surface area contributed by atoms with Gasteiger partial charge in [-0.15, -0.1) is 0 Å². The van der Waals surface area contributed by atoms with Crippen LogP contribution in [0, 0.1) is 0 Å². The molecule has 6 nitrogen and oxygen atoms in total. The summed E-state index contributed by atoms with van der Waals surface area (Å²) in [6.07, 6.45) is 3.97. The molecule has 1 amide bonds. The number of aliphatic carboxylic acids is 1. The maximum atomic E-state index is 12.0. The summed E-state index contributed by atoms with van der Waals surface area (Å²) < 4.78 is 0. The number of aromatic nitrogens is 1. The number of carboxylic acids is 1. The lowest BCUT2D eigenvalue weighted by Crippen LogP contribution is -2.35. The zero-order valence-electron chi connectivity index (χ0n) is 13.0. The van der Waals surface area contributed by atoms with E-state index in [4.69, 9.17) is 5.11 Å². The third kappa shape index (κ3) is 4.44. The molecule has 0 aromatic carbocycles. The molecule has 0 bridgehead atoms. The number of fused-ring (bicyclic) bond motifs is 1. The van der Waals surface area contributed by atoms with Gasteiger partial charge in [0.2, 0.25) is 5.91 Å². The number of rotatable bonds is 7. The Morgan fingerprint density at radius 2 is 2.23 bits per heavy atom. The molecule has 0 unspecified atom stereocenters. The minimum Gasteiger partial charge on any atom is -0.480 e. The molecule has 0 saturated carbocycles. The van der Waals surface area contributed by atoms with Crippen molar-refractivity contribution in [1.82, 2.24) is 9.88 Å². The number of carbonyl (C=O) groups is 2. The fourth-order valence-electron chi connectivity index (χ4n) is 2.63. The number of aryl methyl sites for hydroxylation is 2. The van der Waals surface area contributed by atoms with Crippen molar-refractivity contribution >= 4 is 17.7 Å². The summed E-state index contributed by atoms with van der Waals surface area (Å²) in [7, 11) is 0. The maximum absolute atomic E-state index is 12.0. The maximum Gasteiger partial charge on any atom is 0.323 e. The molecule has 6 heteroatoms. The molecule has 2 N–H and O–H groups in total. The fourth-order valence-corrected chi connectivity index (χ4v) is 2.63. The molecule has 0 saturated heterocycles. The Morgan fingerprint density at radius 3 is 2.95 bits per heavy atom. The standard InChI is InChI=1S/C16H23N3O3/c1-2-19(11-15(21)22)14(20)7-3-6-13-9-8-12-5-4-10-17-16(12)18-13/h8-9H,2-7,10-11H2,1H3,(H,17,18)(H,21,22). The third-order valence-electron chi connectivity index (χ3n) is 3.84. The van der Waals surface area contributed by atoms with Crippen LogP contribution in [0.15, 0.2) is 12.1 Å². The van der Waals surface area contributed by atoms with E-state index in [2.05, 4.69) is 16.4 Å². The van der Waals surface area contributed by atoms with Crippen molar-refractivity contribution < 1.29 is 14.7 Å². The van der Waals surface area contributed by atoms with E-state index in [0.717, 1.165) is 37.3 Å². The number of nitrogens with one attached hydrogen (secondary N) is 1. The molecule has 1 aromatic rings. The van der Waals surface area contributed by atoms with Gasteiger partial charge in [-0.3, -0.25) is 9.59 Å². The quantitative estimate of drug-likeness (QED) is 0.801. The monoisotopic (exact) mass is 305 g/mol. The van der Waals surface area contributed by atoms with Crippen LogP contribution in [0.1, 0.15) is 37.4 Å². The van der Waals surface area contributed by atoms with Gasteiger partial charge in [-0.05, 0) is 44.2 Å². The third-order valence-corrected chi connectivity index (χ3v) is 3.84. The van der Waals surface area contributed by atoms with Gasteiger partial charge in [-0.2, -0.15) is 0 Å². The van der Waals surface area contributed by atoms with Crippen molar-refractivity contribution in [3.63, 3.8) is 0 Å². The summed E-state index contributed by atoms with van der Waals surface area (Å²) >= 11 is 0. The Balaban J connectivity index is 1.83. The average Bonchev–Trinajstić information content (AvgIpc) is 2.52. The van der Waals surface area contributed by atoms with E-state index in [1.165, 1.54) is 10.5 Å². The average molecular weight is 305 g/mol. The van der Waals surface area contributed by atoms with Crippen molar-refractivity contribution in [2.45, 2.75) is 39.0 Å². The van der Waals surface area contributed by atoms with Gasteiger partial charge < -0.3 is 15.3 Å². The second kappa shape index (κ2) is 7.77. The molecule has 120 valence electrons. The van der Waals surface area contributed by atoms with Crippen molar-refractivity contribution in [2.75, 3.05) is 25.0 Å². The lowest BCUT2D eigenvalue weighted by molar-refractivity contribution is -0.144. The summed E-state index contributed by atoms with van der Waals surface area (Å²) in [6, 6.07) is 4.12. The first kappa shape index (κ1) is 16.3. The molecule has 1 aliphatic heterocycles. The lowest BCUT2D eigenvalue weighted by atomic mass is 10.1. The van der Waals surface area contributed by atoms with Crippen LogP contribution >= 0.6 is 0 Å². The van der Waals surface area contributed by atoms with Gasteiger partial charge in [0.1, 0.15) is 12.4 Å². The molecular formula is C16H23N3O3. The van der Waals surface area contributed by atoms with Gasteiger partial charge in [0.05, 0.1) is 0 Å². The lowest BCUT2D eigenvalue weighted by Gasteiger charge is -2.19. The van der Waals surface area contributed by atoms with Crippen LogP contribution in [-0.4, -0.2) is 46.5 Å². The zero-order chi connectivity index (χ0) is 15.9. The Labute approximate surface area is 130 Å². The molecule has 2 rings (SSSR count). The predicted octanol–water partition coefficient (Wildman–Crippen LogP) is 1.70. The van der Waals surface area contributed by atoms with E-state index in [1.807, 2.05) is 6.07 Å². The molecule has 22 heavy (non-hydrogen) atoms. The topological polar surface area (TPSA) is 82.5 Å². The number of hydrogen-bond acceptors (Lipinski definition) is 4. The minimum absolute atomic E-state index is 0.110. The zero-order valence-corrected chi connectivity index (χ0v) is 13.0. The van der Waals surface area contributed by atoms with Crippen LogP contribution in [0.25, 0.3) is 0 Å². The van der Waals surface area contributed by atoms with Crippen LogP contribution in [0.3, 0.4) is 0 Å². The van der Waals surface area contributed by atoms with E-state index < -0.39 is 5.97 Å². The molecule has 0 radical (unpaired) electrons. The Hall–Kier alpha value is -2.11. The number of amides is 1. The normalized spacial score (nSPS) is 13.1. The minimum atomic E-state index is -0.974. The molecule has 2 heterocycles. The van der Waals surface area contributed by atoms with Gasteiger partial charge >= 0.3 is 5.97 Å². The summed E-state index contributed by atoms with van der Waals surface area (Å²) in [4.78, 5) is 28.6. The summed E-state index contributed by atoms with van der Waals surface area (Å²) in [5, 5.41) is 12.1. The first-order valence-electron chi connectivity index (χ1n) is 7.82. The van der Waals surface area contributed by atoms with E-state index in [1.54, 1.807) is 6.92 Å². The smallest absolute Gasteiger partial charge is 0.323 e. The van der Waals surface area contributed by atoms with E-state index in [-0.39, 0.29) is 12.5 Å². The van der Waals surface area contributed by atoms with E-state index in [9.17, 15) is 9.59 Å². The number of carboxylic acid groups (broad SMARTS) is 1.